The third kappa shape index (κ3) is 4.39. The lowest BCUT2D eigenvalue weighted by Gasteiger charge is -2.14. The molecule has 118 valence electrons. The quantitative estimate of drug-likeness (QED) is 0.844. The maximum absolute atomic E-state index is 11.9. The second-order valence-electron chi connectivity index (χ2n) is 4.79. The average Bonchev–Trinajstić information content (AvgIpc) is 3.15. The highest BCUT2D eigenvalue weighted by molar-refractivity contribution is 7.15. The summed E-state index contributed by atoms with van der Waals surface area (Å²) in [7, 11) is 1.54. The molecule has 0 aromatic carbocycles. The van der Waals surface area contributed by atoms with Crippen LogP contribution in [0.1, 0.15) is 35.3 Å². The molecular formula is C14H18N4O3S. The molecule has 0 spiro atoms. The molecule has 2 amide bonds. The van der Waals surface area contributed by atoms with Gasteiger partial charge in [-0.2, -0.15) is 0 Å². The number of unbranched alkanes of at least 4 members (excludes halogenated alkanes) is 1. The number of nitrogens with zero attached hydrogens (tertiary/aromatic N) is 3. The number of anilines is 1. The molecule has 0 fully saturated rings. The van der Waals surface area contributed by atoms with Crippen molar-refractivity contribution in [3.63, 3.8) is 0 Å². The van der Waals surface area contributed by atoms with Crippen molar-refractivity contribution in [2.75, 3.05) is 18.9 Å². The predicted octanol–water partition coefficient (Wildman–Crippen LogP) is 2.18. The maximum Gasteiger partial charge on any atom is 0.289 e. The van der Waals surface area contributed by atoms with Crippen LogP contribution in [0, 0.1) is 0 Å². The fraction of sp³-hybridized carbons (Fsp3) is 0.429. The van der Waals surface area contributed by atoms with Crippen molar-refractivity contribution in [3.05, 3.63) is 29.2 Å². The number of aryl methyl sites for hydroxylation is 1. The van der Waals surface area contributed by atoms with Crippen molar-refractivity contribution in [3.8, 4) is 0 Å². The van der Waals surface area contributed by atoms with Gasteiger partial charge in [-0.05, 0) is 18.6 Å². The molecule has 8 heteroatoms. The lowest BCUT2D eigenvalue weighted by molar-refractivity contribution is -0.116. The minimum atomic E-state index is -0.346. The van der Waals surface area contributed by atoms with E-state index in [1.165, 1.54) is 29.5 Å². The Labute approximate surface area is 132 Å². The van der Waals surface area contributed by atoms with Crippen molar-refractivity contribution < 1.29 is 14.0 Å². The molecule has 2 aromatic rings. The first kappa shape index (κ1) is 16.2. The number of aromatic nitrogens is 2. The van der Waals surface area contributed by atoms with Crippen LogP contribution in [0.25, 0.3) is 0 Å². The highest BCUT2D eigenvalue weighted by Crippen LogP contribution is 2.17. The molecule has 1 N–H and O–H groups in total. The van der Waals surface area contributed by atoms with Crippen molar-refractivity contribution in [2.45, 2.75) is 26.2 Å². The molecule has 0 bridgehead atoms. The zero-order valence-electron chi connectivity index (χ0n) is 12.5. The molecular weight excluding hydrogens is 304 g/mol. The number of hydrogen-bond donors (Lipinski definition) is 1. The Morgan fingerprint density at radius 1 is 1.41 bits per heavy atom. The van der Waals surface area contributed by atoms with Gasteiger partial charge in [-0.1, -0.05) is 24.7 Å². The number of likely N-dealkylation sites (N-methyl/N-ethyl adjacent to an activating group) is 1. The summed E-state index contributed by atoms with van der Waals surface area (Å²) < 4.78 is 5.01. The number of hydrogen-bond acceptors (Lipinski definition) is 6. The first-order valence-corrected chi connectivity index (χ1v) is 7.83. The Hall–Kier alpha value is -2.22. The van der Waals surface area contributed by atoms with Gasteiger partial charge >= 0.3 is 0 Å². The molecule has 7 nitrogen and oxygen atoms in total. The summed E-state index contributed by atoms with van der Waals surface area (Å²) in [4.78, 5) is 25.2. The van der Waals surface area contributed by atoms with Crippen LogP contribution >= 0.6 is 11.3 Å². The maximum atomic E-state index is 11.9. The number of carbonyl (C=O) groups is 2. The van der Waals surface area contributed by atoms with E-state index in [2.05, 4.69) is 22.4 Å². The molecule has 0 saturated carbocycles. The molecule has 0 saturated heterocycles. The van der Waals surface area contributed by atoms with Gasteiger partial charge in [0.1, 0.15) is 11.6 Å². The van der Waals surface area contributed by atoms with E-state index in [1.54, 1.807) is 12.1 Å². The minimum Gasteiger partial charge on any atom is -0.459 e. The van der Waals surface area contributed by atoms with Gasteiger partial charge in [-0.25, -0.2) is 0 Å². The number of carbonyl (C=O) groups excluding carboxylic acids is 2. The van der Waals surface area contributed by atoms with Crippen LogP contribution in [0.3, 0.4) is 0 Å². The van der Waals surface area contributed by atoms with Gasteiger partial charge in [0, 0.05) is 13.5 Å². The standard InChI is InChI=1S/C14H18N4O3S/c1-3-4-7-12-16-17-14(22-12)15-11(19)9-18(2)13(20)10-6-5-8-21-10/h5-6,8H,3-4,7,9H2,1-2H3,(H,15,17,19). The van der Waals surface area contributed by atoms with Gasteiger partial charge in [-0.3, -0.25) is 14.9 Å². The van der Waals surface area contributed by atoms with Crippen LogP contribution in [0.4, 0.5) is 5.13 Å². The van der Waals surface area contributed by atoms with Crippen molar-refractivity contribution >= 4 is 28.3 Å². The average molecular weight is 322 g/mol. The zero-order chi connectivity index (χ0) is 15.9. The molecule has 0 unspecified atom stereocenters. The largest absolute Gasteiger partial charge is 0.459 e. The van der Waals surface area contributed by atoms with E-state index in [9.17, 15) is 9.59 Å². The second kappa shape index (κ2) is 7.69. The SMILES string of the molecule is CCCCc1nnc(NC(=O)CN(C)C(=O)c2ccco2)s1. The number of amides is 2. The molecule has 0 aliphatic heterocycles. The van der Waals surface area contributed by atoms with E-state index >= 15 is 0 Å². The first-order chi connectivity index (χ1) is 10.6. The third-order valence-electron chi connectivity index (χ3n) is 2.92. The monoisotopic (exact) mass is 322 g/mol. The van der Waals surface area contributed by atoms with Gasteiger partial charge in [0.25, 0.3) is 5.91 Å². The molecule has 22 heavy (non-hydrogen) atoms. The molecule has 0 atom stereocenters. The smallest absolute Gasteiger partial charge is 0.289 e. The summed E-state index contributed by atoms with van der Waals surface area (Å²) in [5.74, 6) is -0.463. The van der Waals surface area contributed by atoms with E-state index in [0.717, 1.165) is 24.3 Å². The van der Waals surface area contributed by atoms with E-state index < -0.39 is 0 Å². The van der Waals surface area contributed by atoms with Crippen molar-refractivity contribution in [2.24, 2.45) is 0 Å². The number of rotatable bonds is 7. The van der Waals surface area contributed by atoms with Gasteiger partial charge in [0.15, 0.2) is 5.76 Å². The minimum absolute atomic E-state index is 0.0800. The molecule has 2 heterocycles. The Morgan fingerprint density at radius 3 is 2.91 bits per heavy atom. The van der Waals surface area contributed by atoms with Gasteiger partial charge in [-0.15, -0.1) is 10.2 Å². The topological polar surface area (TPSA) is 88.3 Å². The first-order valence-electron chi connectivity index (χ1n) is 7.01. The second-order valence-corrected chi connectivity index (χ2v) is 5.85. The number of furan rings is 1. The van der Waals surface area contributed by atoms with Crippen molar-refractivity contribution in [1.29, 1.82) is 0 Å². The summed E-state index contributed by atoms with van der Waals surface area (Å²) in [6.45, 7) is 2.03. The lowest BCUT2D eigenvalue weighted by atomic mass is 10.3. The summed E-state index contributed by atoms with van der Waals surface area (Å²) in [6, 6.07) is 3.18. The van der Waals surface area contributed by atoms with Gasteiger partial charge < -0.3 is 9.32 Å². The fourth-order valence-electron chi connectivity index (χ4n) is 1.77. The Bertz CT molecular complexity index is 624. The van der Waals surface area contributed by atoms with Crippen LogP contribution in [-0.2, 0) is 11.2 Å². The van der Waals surface area contributed by atoms with Crippen LogP contribution in [0.15, 0.2) is 22.8 Å². The van der Waals surface area contributed by atoms with Gasteiger partial charge in [0.2, 0.25) is 11.0 Å². The molecule has 2 rings (SSSR count). The zero-order valence-corrected chi connectivity index (χ0v) is 13.4. The summed E-state index contributed by atoms with van der Waals surface area (Å²) in [5.41, 5.74) is 0. The van der Waals surface area contributed by atoms with E-state index in [0.29, 0.717) is 5.13 Å². The summed E-state index contributed by atoms with van der Waals surface area (Å²) in [6.07, 6.45) is 4.41. The highest BCUT2D eigenvalue weighted by atomic mass is 32.1. The highest BCUT2D eigenvalue weighted by Gasteiger charge is 2.18. The predicted molar refractivity (Wildman–Crippen MR) is 82.8 cm³/mol. The normalized spacial score (nSPS) is 10.5. The van der Waals surface area contributed by atoms with E-state index in [-0.39, 0.29) is 24.1 Å². The van der Waals surface area contributed by atoms with Gasteiger partial charge in [0.05, 0.1) is 6.26 Å². The lowest BCUT2D eigenvalue weighted by Crippen LogP contribution is -2.34. The summed E-state index contributed by atoms with van der Waals surface area (Å²) >= 11 is 1.36. The van der Waals surface area contributed by atoms with Crippen LogP contribution < -0.4 is 5.32 Å². The third-order valence-corrected chi connectivity index (χ3v) is 3.82. The fourth-order valence-corrected chi connectivity index (χ4v) is 2.57. The molecule has 0 aliphatic carbocycles. The molecule has 2 aromatic heterocycles. The van der Waals surface area contributed by atoms with E-state index in [4.69, 9.17) is 4.42 Å². The van der Waals surface area contributed by atoms with Crippen LogP contribution in [-0.4, -0.2) is 40.5 Å². The van der Waals surface area contributed by atoms with Crippen LogP contribution in [0.5, 0.6) is 0 Å². The Morgan fingerprint density at radius 2 is 2.23 bits per heavy atom. The molecule has 0 radical (unpaired) electrons. The Balaban J connectivity index is 1.84. The Kier molecular flexibility index (Phi) is 5.65. The van der Waals surface area contributed by atoms with Crippen molar-refractivity contribution in [1.82, 2.24) is 15.1 Å². The van der Waals surface area contributed by atoms with Crippen LogP contribution in [0.2, 0.25) is 0 Å². The van der Waals surface area contributed by atoms with E-state index in [1.807, 2.05) is 0 Å². The molecule has 0 aliphatic rings. The summed E-state index contributed by atoms with van der Waals surface area (Å²) in [5, 5.41) is 12.0. The number of nitrogens with one attached hydrogen (secondary N) is 1.